The lowest BCUT2D eigenvalue weighted by atomic mass is 10.0. The van der Waals surface area contributed by atoms with Crippen molar-refractivity contribution >= 4 is 53.7 Å². The van der Waals surface area contributed by atoms with E-state index in [0.717, 1.165) is 11.6 Å². The summed E-state index contributed by atoms with van der Waals surface area (Å²) in [7, 11) is -8.16. The van der Waals surface area contributed by atoms with Crippen molar-refractivity contribution in [1.82, 2.24) is 0 Å². The number of anilines is 2. The summed E-state index contributed by atoms with van der Waals surface area (Å²) in [5.41, 5.74) is 20.9. The standard InChI is InChI=1S/C12H11N3O2S.C11H11N3O4S.C2H6/c13-14-10-6-8-11(9-7-10)15-18(16,17)12-4-2-1-3-5-12;1-5-2-6-4-8(19(16,17)18)10(14-13)11(15)9(6)7(12)3-5;1-2/h1-9,13,15H;2-4,13,15H,12H2,1H3,(H,16,17,18);1-2H3. The van der Waals surface area contributed by atoms with Crippen LogP contribution in [0.5, 0.6) is 5.75 Å². The number of fused-ring (bicyclic) bond motifs is 1. The van der Waals surface area contributed by atoms with Gasteiger partial charge in [-0.3, -0.25) is 9.27 Å². The summed E-state index contributed by atoms with van der Waals surface area (Å²) >= 11 is 0. The molecule has 0 heterocycles. The van der Waals surface area contributed by atoms with Crippen LogP contribution in [0.4, 0.5) is 22.7 Å². The van der Waals surface area contributed by atoms with Crippen LogP contribution < -0.4 is 10.5 Å². The Labute approximate surface area is 226 Å². The molecule has 0 unspecified atom stereocenters. The summed E-state index contributed by atoms with van der Waals surface area (Å²) in [5.74, 6) is -0.544. The van der Waals surface area contributed by atoms with E-state index in [0.29, 0.717) is 16.8 Å². The second-order valence-corrected chi connectivity index (χ2v) is 10.8. The summed E-state index contributed by atoms with van der Waals surface area (Å²) in [6, 6.07) is 18.7. The van der Waals surface area contributed by atoms with E-state index in [1.54, 1.807) is 61.5 Å². The minimum Gasteiger partial charge on any atom is -0.505 e. The van der Waals surface area contributed by atoms with E-state index in [1.165, 1.54) is 12.1 Å². The Morgan fingerprint density at radius 1 is 0.872 bits per heavy atom. The SMILES string of the molecule is CC.Cc1cc(N)c2c(O)c(N=N)c(S(=O)(=O)O)cc2c1.N=Nc1ccc(NS(=O)(=O)c2ccccc2)cc1. The Bertz CT molecular complexity index is 1690. The van der Waals surface area contributed by atoms with Gasteiger partial charge in [-0.05, 0) is 66.4 Å². The Hall–Kier alpha value is -4.40. The number of nitrogens with two attached hydrogens (primary N) is 1. The number of nitrogens with zero attached hydrogens (tertiary/aromatic N) is 2. The fourth-order valence-corrected chi connectivity index (χ4v) is 5.14. The van der Waals surface area contributed by atoms with E-state index in [9.17, 15) is 21.9 Å². The molecule has 0 saturated carbocycles. The maximum absolute atomic E-state index is 12.0. The maximum Gasteiger partial charge on any atom is 0.296 e. The van der Waals surface area contributed by atoms with Crippen LogP contribution in [0.2, 0.25) is 0 Å². The van der Waals surface area contributed by atoms with Crippen LogP contribution in [0.25, 0.3) is 10.8 Å². The Morgan fingerprint density at radius 3 is 1.97 bits per heavy atom. The Morgan fingerprint density at radius 2 is 1.46 bits per heavy atom. The molecule has 0 atom stereocenters. The number of aromatic hydroxyl groups is 1. The molecule has 0 aliphatic carbocycles. The molecule has 0 bridgehead atoms. The topological polar surface area (TPSA) is 219 Å². The maximum atomic E-state index is 12.0. The zero-order chi connectivity index (χ0) is 29.4. The minimum atomic E-state index is -4.60. The van der Waals surface area contributed by atoms with Gasteiger partial charge < -0.3 is 10.8 Å². The average molecular weight is 573 g/mol. The first-order chi connectivity index (χ1) is 18.4. The summed E-state index contributed by atoms with van der Waals surface area (Å²) in [4.78, 5) is -0.420. The van der Waals surface area contributed by atoms with Gasteiger partial charge in [-0.1, -0.05) is 38.1 Å². The van der Waals surface area contributed by atoms with Crippen molar-refractivity contribution in [2.75, 3.05) is 10.5 Å². The van der Waals surface area contributed by atoms with Crippen LogP contribution >= 0.6 is 0 Å². The van der Waals surface area contributed by atoms with E-state index in [4.69, 9.17) is 21.3 Å². The molecule has 7 N–H and O–H groups in total. The minimum absolute atomic E-state index is 0.198. The molecule has 0 saturated heterocycles. The van der Waals surface area contributed by atoms with Crippen LogP contribution in [-0.4, -0.2) is 26.5 Å². The monoisotopic (exact) mass is 572 g/mol. The van der Waals surface area contributed by atoms with Gasteiger partial charge in [-0.15, -0.1) is 0 Å². The molecule has 0 radical (unpaired) electrons. The highest BCUT2D eigenvalue weighted by molar-refractivity contribution is 7.92. The van der Waals surface area contributed by atoms with Gasteiger partial charge in [0.25, 0.3) is 20.1 Å². The fraction of sp³-hybridized carbons (Fsp3) is 0.120. The van der Waals surface area contributed by atoms with Gasteiger partial charge in [0, 0.05) is 16.8 Å². The number of nitrogens with one attached hydrogen (secondary N) is 3. The number of benzene rings is 4. The molecule has 0 fully saturated rings. The summed E-state index contributed by atoms with van der Waals surface area (Å²) < 4.78 is 58.0. The molecule has 4 rings (SSSR count). The number of sulfonamides is 1. The lowest BCUT2D eigenvalue weighted by Crippen LogP contribution is -2.12. The first-order valence-corrected chi connectivity index (χ1v) is 14.3. The summed E-state index contributed by atoms with van der Waals surface area (Å²) in [6.45, 7) is 5.75. The third-order valence-electron chi connectivity index (χ3n) is 5.02. The second-order valence-electron chi connectivity index (χ2n) is 7.69. The van der Waals surface area contributed by atoms with E-state index >= 15 is 0 Å². The van der Waals surface area contributed by atoms with Crippen LogP contribution in [0.1, 0.15) is 19.4 Å². The molecule has 0 aliphatic rings. The number of nitrogen functional groups attached to an aromatic ring is 1. The first-order valence-electron chi connectivity index (χ1n) is 11.3. The molecule has 4 aromatic carbocycles. The van der Waals surface area contributed by atoms with Gasteiger partial charge >= 0.3 is 0 Å². The lowest BCUT2D eigenvalue weighted by Gasteiger charge is -2.11. The lowest BCUT2D eigenvalue weighted by molar-refractivity contribution is 0.472. The van der Waals surface area contributed by atoms with Crippen molar-refractivity contribution in [2.45, 2.75) is 30.6 Å². The number of phenolic OH excluding ortho intramolecular Hbond substituents is 1. The molecule has 14 heteroatoms. The van der Waals surface area contributed by atoms with Crippen LogP contribution in [-0.2, 0) is 20.1 Å². The zero-order valence-electron chi connectivity index (χ0n) is 21.2. The molecule has 0 amide bonds. The third-order valence-corrected chi connectivity index (χ3v) is 7.28. The van der Waals surface area contributed by atoms with E-state index in [2.05, 4.69) is 15.0 Å². The molecule has 206 valence electrons. The van der Waals surface area contributed by atoms with E-state index in [-0.39, 0.29) is 16.0 Å². The first kappa shape index (κ1) is 30.8. The smallest absolute Gasteiger partial charge is 0.296 e. The average Bonchev–Trinajstić information content (AvgIpc) is 2.90. The van der Waals surface area contributed by atoms with Gasteiger partial charge in [-0.25, -0.2) is 19.5 Å². The Balaban J connectivity index is 0.000000258. The predicted octanol–water partition coefficient (Wildman–Crippen LogP) is 6.52. The van der Waals surface area contributed by atoms with Crippen LogP contribution in [0.15, 0.2) is 92.8 Å². The van der Waals surface area contributed by atoms with Gasteiger partial charge in [0.2, 0.25) is 0 Å². The van der Waals surface area contributed by atoms with Crippen molar-refractivity contribution in [2.24, 2.45) is 10.2 Å². The number of aryl methyl sites for hydroxylation is 1. The van der Waals surface area contributed by atoms with E-state index < -0.39 is 36.5 Å². The molecule has 0 spiro atoms. The number of hydrogen-bond donors (Lipinski definition) is 6. The highest BCUT2D eigenvalue weighted by atomic mass is 32.2. The number of hydrogen-bond acceptors (Lipinski definition) is 10. The third kappa shape index (κ3) is 7.56. The number of rotatable bonds is 6. The second kappa shape index (κ2) is 12.9. The number of phenols is 1. The Kier molecular flexibility index (Phi) is 10.2. The molecule has 39 heavy (non-hydrogen) atoms. The van der Waals surface area contributed by atoms with Gasteiger partial charge in [0.1, 0.15) is 10.6 Å². The zero-order valence-corrected chi connectivity index (χ0v) is 22.9. The van der Waals surface area contributed by atoms with E-state index in [1.807, 2.05) is 13.8 Å². The summed E-state index contributed by atoms with van der Waals surface area (Å²) in [5, 5.41) is 16.7. The van der Waals surface area contributed by atoms with Crippen molar-refractivity contribution in [3.63, 3.8) is 0 Å². The molecule has 4 aromatic rings. The molecule has 12 nitrogen and oxygen atoms in total. The van der Waals surface area contributed by atoms with Crippen LogP contribution in [0, 0.1) is 18.0 Å². The quantitative estimate of drug-likeness (QED) is 0.0851. The van der Waals surface area contributed by atoms with Crippen LogP contribution in [0.3, 0.4) is 0 Å². The normalized spacial score (nSPS) is 10.9. The van der Waals surface area contributed by atoms with Crippen molar-refractivity contribution in [1.29, 1.82) is 11.1 Å². The molecular formula is C25H28N6O6S2. The van der Waals surface area contributed by atoms with Crippen molar-refractivity contribution < 1.29 is 26.5 Å². The molecular weight excluding hydrogens is 544 g/mol. The van der Waals surface area contributed by atoms with Crippen molar-refractivity contribution in [3.8, 4) is 5.75 Å². The largest absolute Gasteiger partial charge is 0.505 e. The molecule has 0 aliphatic heterocycles. The van der Waals surface area contributed by atoms with Gasteiger partial charge in [0.05, 0.1) is 10.6 Å². The summed E-state index contributed by atoms with van der Waals surface area (Å²) in [6.07, 6.45) is 0. The highest BCUT2D eigenvalue weighted by Gasteiger charge is 2.22. The fourth-order valence-electron chi connectivity index (χ4n) is 3.40. The predicted molar refractivity (Wildman–Crippen MR) is 149 cm³/mol. The highest BCUT2D eigenvalue weighted by Crippen LogP contribution is 2.43. The van der Waals surface area contributed by atoms with Gasteiger partial charge in [-0.2, -0.15) is 18.6 Å². The molecule has 0 aromatic heterocycles. The van der Waals surface area contributed by atoms with Crippen molar-refractivity contribution in [3.05, 3.63) is 78.4 Å². The van der Waals surface area contributed by atoms with Gasteiger partial charge in [0.15, 0.2) is 5.75 Å².